The van der Waals surface area contributed by atoms with E-state index in [9.17, 15) is 5.11 Å². The monoisotopic (exact) mass is 438 g/mol. The standard InChI is InChI=1S/C19H19Cl2O2.Y/c1-23-15-4-2-3-12(9-15)10-16-17(20)11-18(21)19(16)13-5-7-14(22)8-6-13;/h2-9,16-19,22H,1,10-11H2;/q-1;. The van der Waals surface area contributed by atoms with Crippen LogP contribution in [0.15, 0.2) is 48.5 Å². The summed E-state index contributed by atoms with van der Waals surface area (Å²) in [6.07, 6.45) is 1.62. The molecular formula is C19H19Cl2O2Y-. The minimum Gasteiger partial charge on any atom is -0.665 e. The van der Waals surface area contributed by atoms with Gasteiger partial charge in [-0.2, -0.15) is 7.11 Å². The molecule has 0 bridgehead atoms. The number of phenolic OH excluding ortho intramolecular Hbond substituents is 1. The Kier molecular flexibility index (Phi) is 7.43. The third kappa shape index (κ3) is 4.46. The Morgan fingerprint density at radius 2 is 1.79 bits per heavy atom. The molecule has 3 rings (SSSR count). The van der Waals surface area contributed by atoms with E-state index in [1.165, 1.54) is 0 Å². The van der Waals surface area contributed by atoms with Crippen molar-refractivity contribution < 1.29 is 42.6 Å². The minimum atomic E-state index is -0.000632. The third-order valence-electron chi connectivity index (χ3n) is 4.58. The smallest absolute Gasteiger partial charge is 0.115 e. The molecule has 4 atom stereocenters. The fraction of sp³-hybridized carbons (Fsp3) is 0.316. The van der Waals surface area contributed by atoms with E-state index in [0.29, 0.717) is 0 Å². The van der Waals surface area contributed by atoms with Crippen LogP contribution in [0, 0.1) is 13.0 Å². The van der Waals surface area contributed by atoms with Crippen molar-refractivity contribution in [1.82, 2.24) is 0 Å². The van der Waals surface area contributed by atoms with Crippen LogP contribution in [0.25, 0.3) is 0 Å². The molecule has 24 heavy (non-hydrogen) atoms. The van der Waals surface area contributed by atoms with Crippen molar-refractivity contribution in [2.45, 2.75) is 29.5 Å². The molecule has 1 radical (unpaired) electrons. The number of phenols is 1. The molecule has 1 saturated carbocycles. The Labute approximate surface area is 178 Å². The number of benzene rings is 2. The van der Waals surface area contributed by atoms with Crippen molar-refractivity contribution in [2.75, 3.05) is 0 Å². The van der Waals surface area contributed by atoms with Crippen LogP contribution < -0.4 is 4.74 Å². The van der Waals surface area contributed by atoms with Gasteiger partial charge in [-0.25, -0.2) is 0 Å². The van der Waals surface area contributed by atoms with Gasteiger partial charge in [0.15, 0.2) is 0 Å². The summed E-state index contributed by atoms with van der Waals surface area (Å²) in [4.78, 5) is 0. The fourth-order valence-electron chi connectivity index (χ4n) is 3.47. The van der Waals surface area contributed by atoms with Crippen LogP contribution in [0.3, 0.4) is 0 Å². The Bertz CT molecular complexity index is 663. The first kappa shape index (κ1) is 20.0. The normalized spacial score (nSPS) is 26.0. The second-order valence-electron chi connectivity index (χ2n) is 6.04. The van der Waals surface area contributed by atoms with Crippen molar-refractivity contribution in [3.63, 3.8) is 0 Å². The summed E-state index contributed by atoms with van der Waals surface area (Å²) >= 11 is 13.2. The van der Waals surface area contributed by atoms with E-state index in [1.807, 2.05) is 30.3 Å². The van der Waals surface area contributed by atoms with Crippen molar-refractivity contribution >= 4 is 23.2 Å². The molecule has 2 aromatic rings. The molecule has 0 heterocycles. The maximum atomic E-state index is 9.50. The van der Waals surface area contributed by atoms with Gasteiger partial charge in [0, 0.05) is 49.4 Å². The van der Waals surface area contributed by atoms with Crippen molar-refractivity contribution in [3.8, 4) is 11.5 Å². The Hall–Kier alpha value is -0.276. The van der Waals surface area contributed by atoms with E-state index in [0.717, 1.165) is 29.7 Å². The molecule has 0 aromatic heterocycles. The van der Waals surface area contributed by atoms with Gasteiger partial charge in [-0.1, -0.05) is 24.3 Å². The van der Waals surface area contributed by atoms with Gasteiger partial charge in [-0.05, 0) is 54.2 Å². The van der Waals surface area contributed by atoms with Crippen LogP contribution in [0.2, 0.25) is 0 Å². The first-order valence-corrected chi connectivity index (χ1v) is 8.54. The predicted octanol–water partition coefficient (Wildman–Crippen LogP) is 5.12. The van der Waals surface area contributed by atoms with E-state index < -0.39 is 0 Å². The first-order chi connectivity index (χ1) is 11.1. The zero-order valence-corrected chi connectivity index (χ0v) is 17.6. The van der Waals surface area contributed by atoms with Gasteiger partial charge in [-0.3, -0.25) is 0 Å². The largest absolute Gasteiger partial charge is 0.665 e. The van der Waals surface area contributed by atoms with E-state index >= 15 is 0 Å². The summed E-state index contributed by atoms with van der Waals surface area (Å²) < 4.78 is 5.06. The molecule has 1 aliphatic rings. The number of halogens is 2. The maximum absolute atomic E-state index is 9.50. The molecule has 2 nitrogen and oxygen atoms in total. The Morgan fingerprint density at radius 1 is 1.08 bits per heavy atom. The zero-order valence-electron chi connectivity index (χ0n) is 13.2. The summed E-state index contributed by atoms with van der Waals surface area (Å²) in [6, 6.07) is 15.2. The SMILES string of the molecule is [CH2-]Oc1cccc(CC2C(Cl)CC(Cl)C2c2ccc(O)cc2)c1.[Y]. The molecule has 125 valence electrons. The van der Waals surface area contributed by atoms with Gasteiger partial charge in [0.05, 0.1) is 5.75 Å². The minimum absolute atomic E-state index is 0. The summed E-state index contributed by atoms with van der Waals surface area (Å²) in [6.45, 7) is 0. The van der Waals surface area contributed by atoms with E-state index in [4.69, 9.17) is 27.9 Å². The molecule has 2 aromatic carbocycles. The van der Waals surface area contributed by atoms with Crippen molar-refractivity contribution in [3.05, 3.63) is 66.8 Å². The van der Waals surface area contributed by atoms with Crippen LogP contribution in [0.4, 0.5) is 0 Å². The third-order valence-corrected chi connectivity index (χ3v) is 5.53. The van der Waals surface area contributed by atoms with Gasteiger partial charge < -0.3 is 9.84 Å². The summed E-state index contributed by atoms with van der Waals surface area (Å²) in [7, 11) is 3.46. The average Bonchev–Trinajstić information content (AvgIpc) is 2.82. The number of rotatable bonds is 4. The molecule has 5 heteroatoms. The zero-order chi connectivity index (χ0) is 16.4. The fourth-order valence-corrected chi connectivity index (χ4v) is 4.52. The summed E-state index contributed by atoms with van der Waals surface area (Å²) in [5.74, 6) is 1.42. The average molecular weight is 439 g/mol. The van der Waals surface area contributed by atoms with Crippen LogP contribution >= 0.6 is 23.2 Å². The quantitative estimate of drug-likeness (QED) is 0.530. The van der Waals surface area contributed by atoms with Crippen LogP contribution in [-0.2, 0) is 39.1 Å². The molecule has 0 saturated heterocycles. The molecule has 1 aliphatic carbocycles. The number of hydrogen-bond acceptors (Lipinski definition) is 2. The summed E-state index contributed by atoms with van der Waals surface area (Å²) in [5.41, 5.74) is 2.29. The molecule has 4 unspecified atom stereocenters. The van der Waals surface area contributed by atoms with Gasteiger partial charge in [0.1, 0.15) is 5.75 Å². The molecule has 0 amide bonds. The van der Waals surface area contributed by atoms with Gasteiger partial charge >= 0.3 is 0 Å². The summed E-state index contributed by atoms with van der Waals surface area (Å²) in [5, 5.41) is 9.53. The van der Waals surface area contributed by atoms with Crippen LogP contribution in [0.1, 0.15) is 23.5 Å². The number of aromatic hydroxyl groups is 1. The number of hydrogen-bond donors (Lipinski definition) is 1. The van der Waals surface area contributed by atoms with Gasteiger partial charge in [0.25, 0.3) is 0 Å². The second-order valence-corrected chi connectivity index (χ2v) is 7.17. The van der Waals surface area contributed by atoms with Crippen LogP contribution in [-0.4, -0.2) is 15.9 Å². The molecule has 0 spiro atoms. The van der Waals surface area contributed by atoms with E-state index in [1.54, 1.807) is 12.1 Å². The van der Waals surface area contributed by atoms with Gasteiger partial charge in [0.2, 0.25) is 0 Å². The number of alkyl halides is 2. The maximum Gasteiger partial charge on any atom is 0.115 e. The topological polar surface area (TPSA) is 29.5 Å². The van der Waals surface area contributed by atoms with E-state index in [-0.39, 0.29) is 61.0 Å². The Balaban J connectivity index is 0.00000208. The van der Waals surface area contributed by atoms with Crippen LogP contribution in [0.5, 0.6) is 11.5 Å². The molecular weight excluding hydrogens is 420 g/mol. The molecule has 1 N–H and O–H groups in total. The Morgan fingerprint density at radius 3 is 2.46 bits per heavy atom. The first-order valence-electron chi connectivity index (χ1n) is 7.66. The predicted molar refractivity (Wildman–Crippen MR) is 94.4 cm³/mol. The van der Waals surface area contributed by atoms with Crippen molar-refractivity contribution in [1.29, 1.82) is 0 Å². The van der Waals surface area contributed by atoms with E-state index in [2.05, 4.69) is 13.2 Å². The van der Waals surface area contributed by atoms with Crippen molar-refractivity contribution in [2.24, 2.45) is 5.92 Å². The van der Waals surface area contributed by atoms with Gasteiger partial charge in [-0.15, -0.1) is 23.2 Å². The second kappa shape index (κ2) is 8.89. The molecule has 0 aliphatic heterocycles. The number of ether oxygens (including phenoxy) is 1. The molecule has 1 fully saturated rings.